The summed E-state index contributed by atoms with van der Waals surface area (Å²) >= 11 is 0. The van der Waals surface area contributed by atoms with Gasteiger partial charge in [-0.2, -0.15) is 0 Å². The van der Waals surface area contributed by atoms with E-state index in [1.807, 2.05) is 6.92 Å². The van der Waals surface area contributed by atoms with Crippen LogP contribution in [0.5, 0.6) is 5.75 Å². The van der Waals surface area contributed by atoms with Crippen LogP contribution in [0, 0.1) is 11.7 Å². The maximum Gasteiger partial charge on any atom is 0.239 e. The Morgan fingerprint density at radius 3 is 3.12 bits per heavy atom. The van der Waals surface area contributed by atoms with Crippen LogP contribution in [0.2, 0.25) is 0 Å². The molecule has 0 aromatic heterocycles. The summed E-state index contributed by atoms with van der Waals surface area (Å²) in [5.74, 6) is 0.375. The van der Waals surface area contributed by atoms with Crippen LogP contribution >= 0.6 is 0 Å². The molecule has 24 heavy (non-hydrogen) atoms. The second-order valence-corrected chi connectivity index (χ2v) is 6.38. The van der Waals surface area contributed by atoms with Crippen molar-refractivity contribution in [3.05, 3.63) is 30.1 Å². The smallest absolute Gasteiger partial charge is 0.239 e. The zero-order chi connectivity index (χ0) is 16.9. The molecule has 1 aromatic rings. The molecule has 2 saturated heterocycles. The van der Waals surface area contributed by atoms with Gasteiger partial charge in [-0.3, -0.25) is 10.2 Å². The summed E-state index contributed by atoms with van der Waals surface area (Å²) < 4.78 is 19.0. The topological polar surface area (TPSA) is 74.4 Å². The van der Waals surface area contributed by atoms with E-state index >= 15 is 0 Å². The van der Waals surface area contributed by atoms with Crippen molar-refractivity contribution in [3.8, 4) is 5.75 Å². The lowest BCUT2D eigenvalue weighted by atomic mass is 9.89. The van der Waals surface area contributed by atoms with Gasteiger partial charge in [-0.15, -0.1) is 0 Å². The molecule has 0 radical (unpaired) electrons. The fraction of sp³-hybridized carbons (Fsp3) is 0.588. The molecule has 1 amide bonds. The van der Waals surface area contributed by atoms with E-state index in [0.29, 0.717) is 18.3 Å². The summed E-state index contributed by atoms with van der Waals surface area (Å²) in [6.45, 7) is 4.19. The summed E-state index contributed by atoms with van der Waals surface area (Å²) in [4.78, 5) is 12.5. The Morgan fingerprint density at radius 2 is 2.33 bits per heavy atom. The van der Waals surface area contributed by atoms with Gasteiger partial charge in [0.2, 0.25) is 5.91 Å². The number of fused-ring (bicyclic) bond motifs is 1. The number of benzene rings is 1. The number of carbonyl (C=O) groups excluding carboxylic acids is 1. The molecule has 0 aliphatic carbocycles. The number of amides is 1. The van der Waals surface area contributed by atoms with Crippen LogP contribution < -0.4 is 26.2 Å². The zero-order valence-electron chi connectivity index (χ0n) is 13.8. The Bertz CT molecular complexity index is 571. The van der Waals surface area contributed by atoms with Crippen LogP contribution in [-0.2, 0) is 4.79 Å². The molecule has 3 rings (SSSR count). The molecule has 132 valence electrons. The van der Waals surface area contributed by atoms with Crippen LogP contribution in [0.4, 0.5) is 4.39 Å². The highest BCUT2D eigenvalue weighted by atomic mass is 19.1. The van der Waals surface area contributed by atoms with E-state index in [4.69, 9.17) is 4.74 Å². The molecule has 2 fully saturated rings. The molecular formula is C17H25FN4O2. The second-order valence-electron chi connectivity index (χ2n) is 6.38. The van der Waals surface area contributed by atoms with Crippen molar-refractivity contribution in [2.24, 2.45) is 5.92 Å². The lowest BCUT2D eigenvalue weighted by Gasteiger charge is -2.27. The number of halogens is 1. The largest absolute Gasteiger partial charge is 0.489 e. The minimum Gasteiger partial charge on any atom is -0.489 e. The molecular weight excluding hydrogens is 311 g/mol. The minimum absolute atomic E-state index is 0.0278. The van der Waals surface area contributed by atoms with E-state index in [-0.39, 0.29) is 29.8 Å². The average molecular weight is 336 g/mol. The zero-order valence-corrected chi connectivity index (χ0v) is 13.8. The Hall–Kier alpha value is -1.70. The van der Waals surface area contributed by atoms with Crippen molar-refractivity contribution >= 4 is 5.91 Å². The van der Waals surface area contributed by atoms with E-state index in [2.05, 4.69) is 21.5 Å². The minimum atomic E-state index is -0.330. The summed E-state index contributed by atoms with van der Waals surface area (Å²) in [5.41, 5.74) is 6.32. The van der Waals surface area contributed by atoms with Gasteiger partial charge in [0.25, 0.3) is 0 Å². The highest BCUT2D eigenvalue weighted by molar-refractivity contribution is 5.82. The van der Waals surface area contributed by atoms with Gasteiger partial charge in [0.05, 0.1) is 6.54 Å². The first-order valence-corrected chi connectivity index (χ1v) is 8.59. The van der Waals surface area contributed by atoms with Gasteiger partial charge in [-0.1, -0.05) is 13.0 Å². The Kier molecular flexibility index (Phi) is 5.65. The van der Waals surface area contributed by atoms with Gasteiger partial charge in [0.15, 0.2) is 0 Å². The summed E-state index contributed by atoms with van der Waals surface area (Å²) in [5, 5.41) is 6.29. The van der Waals surface area contributed by atoms with Gasteiger partial charge < -0.3 is 15.4 Å². The standard InChI is InChI=1S/C17H25FN4O2/c1-2-12(24-13-5-3-4-11(18)8-13)9-20-17(23)16-14-10-19-7-6-15(14)21-22-16/h3-5,8,12,14-16,19,21-22H,2,6-7,9-10H2,1H3,(H,20,23). The van der Waals surface area contributed by atoms with Gasteiger partial charge in [-0.25, -0.2) is 9.82 Å². The molecule has 6 nitrogen and oxygen atoms in total. The number of hydrazine groups is 1. The van der Waals surface area contributed by atoms with Gasteiger partial charge in [-0.05, 0) is 31.5 Å². The predicted molar refractivity (Wildman–Crippen MR) is 88.9 cm³/mol. The SMILES string of the molecule is CCC(CNC(=O)C1NNC2CCNCC21)Oc1cccc(F)c1. The third-order valence-corrected chi connectivity index (χ3v) is 4.72. The number of rotatable bonds is 6. The molecule has 1 aromatic carbocycles. The highest BCUT2D eigenvalue weighted by Crippen LogP contribution is 2.20. The van der Waals surface area contributed by atoms with Gasteiger partial charge in [0.1, 0.15) is 23.7 Å². The van der Waals surface area contributed by atoms with E-state index in [9.17, 15) is 9.18 Å². The first-order valence-electron chi connectivity index (χ1n) is 8.59. The van der Waals surface area contributed by atoms with Gasteiger partial charge in [0, 0.05) is 24.6 Å². The number of hydrogen-bond donors (Lipinski definition) is 4. The first-order chi connectivity index (χ1) is 11.7. The monoisotopic (exact) mass is 336 g/mol. The highest BCUT2D eigenvalue weighted by Gasteiger charge is 2.41. The van der Waals surface area contributed by atoms with Crippen molar-refractivity contribution in [2.75, 3.05) is 19.6 Å². The molecule has 2 aliphatic heterocycles. The number of hydrogen-bond acceptors (Lipinski definition) is 5. The number of carbonyl (C=O) groups is 1. The molecule has 0 spiro atoms. The molecule has 7 heteroatoms. The van der Waals surface area contributed by atoms with Crippen LogP contribution in [0.1, 0.15) is 19.8 Å². The van der Waals surface area contributed by atoms with Crippen LogP contribution in [-0.4, -0.2) is 43.7 Å². The van der Waals surface area contributed by atoms with E-state index in [1.165, 1.54) is 12.1 Å². The summed E-state index contributed by atoms with van der Waals surface area (Å²) in [7, 11) is 0. The third kappa shape index (κ3) is 4.03. The summed E-state index contributed by atoms with van der Waals surface area (Å²) in [6.07, 6.45) is 1.55. The number of nitrogens with one attached hydrogen (secondary N) is 4. The lowest BCUT2D eigenvalue weighted by Crippen LogP contribution is -2.50. The molecule has 0 saturated carbocycles. The van der Waals surface area contributed by atoms with E-state index < -0.39 is 0 Å². The Labute approximate surface area is 141 Å². The quantitative estimate of drug-likeness (QED) is 0.611. The summed E-state index contributed by atoms with van der Waals surface area (Å²) in [6, 6.07) is 6.16. The fourth-order valence-corrected chi connectivity index (χ4v) is 3.30. The Balaban J connectivity index is 1.51. The maximum absolute atomic E-state index is 13.2. The van der Waals surface area contributed by atoms with Crippen LogP contribution in [0.15, 0.2) is 24.3 Å². The molecule has 0 bridgehead atoms. The molecule has 4 atom stereocenters. The maximum atomic E-state index is 13.2. The van der Waals surface area contributed by atoms with Crippen molar-refractivity contribution in [1.29, 1.82) is 0 Å². The van der Waals surface area contributed by atoms with E-state index in [0.717, 1.165) is 25.9 Å². The van der Waals surface area contributed by atoms with E-state index in [1.54, 1.807) is 12.1 Å². The van der Waals surface area contributed by atoms with Crippen molar-refractivity contribution in [2.45, 2.75) is 38.0 Å². The lowest BCUT2D eigenvalue weighted by molar-refractivity contribution is -0.124. The molecule has 2 aliphatic rings. The normalized spacial score (nSPS) is 27.3. The molecule has 2 heterocycles. The van der Waals surface area contributed by atoms with Crippen LogP contribution in [0.3, 0.4) is 0 Å². The van der Waals surface area contributed by atoms with Crippen molar-refractivity contribution in [1.82, 2.24) is 21.5 Å². The molecule has 4 unspecified atom stereocenters. The predicted octanol–water partition coefficient (Wildman–Crippen LogP) is 0.554. The van der Waals surface area contributed by atoms with Gasteiger partial charge >= 0.3 is 0 Å². The molecule has 4 N–H and O–H groups in total. The fourth-order valence-electron chi connectivity index (χ4n) is 3.30. The number of piperidine rings is 1. The number of ether oxygens (including phenoxy) is 1. The van der Waals surface area contributed by atoms with Crippen molar-refractivity contribution < 1.29 is 13.9 Å². The first kappa shape index (κ1) is 17.1. The average Bonchev–Trinajstić information content (AvgIpc) is 3.02. The van der Waals surface area contributed by atoms with Crippen LogP contribution in [0.25, 0.3) is 0 Å². The third-order valence-electron chi connectivity index (χ3n) is 4.72. The second kappa shape index (κ2) is 7.92. The Morgan fingerprint density at radius 1 is 1.46 bits per heavy atom. The van der Waals surface area contributed by atoms with Crippen molar-refractivity contribution in [3.63, 3.8) is 0 Å².